The summed E-state index contributed by atoms with van der Waals surface area (Å²) in [6.45, 7) is 2.97. The molecule has 0 bridgehead atoms. The number of hydrogen-bond donors (Lipinski definition) is 0. The molecule has 1 unspecified atom stereocenters. The Bertz CT molecular complexity index is 1110. The number of sulfonamides is 1. The first-order chi connectivity index (χ1) is 16.3. The first-order valence-corrected chi connectivity index (χ1v) is 13.0. The van der Waals surface area contributed by atoms with Crippen LogP contribution in [0.4, 0.5) is 4.39 Å². The highest BCUT2D eigenvalue weighted by atomic mass is 32.2. The van der Waals surface area contributed by atoms with Crippen molar-refractivity contribution in [2.45, 2.75) is 30.3 Å². The Morgan fingerprint density at radius 1 is 1.06 bits per heavy atom. The fraction of sp³-hybridized carbons (Fsp3) is 0.480. The average molecular weight is 491 g/mol. The topological polar surface area (TPSA) is 76.2 Å². The molecule has 1 atom stereocenters. The van der Waals surface area contributed by atoms with Crippen molar-refractivity contribution < 1.29 is 27.1 Å². The summed E-state index contributed by atoms with van der Waals surface area (Å²) in [6, 6.07) is 10.8. The molecule has 0 aliphatic carbocycles. The average Bonchev–Trinajstić information content (AvgIpc) is 2.85. The minimum atomic E-state index is -3.63. The van der Waals surface area contributed by atoms with Crippen LogP contribution in [0, 0.1) is 11.7 Å². The van der Waals surface area contributed by atoms with Gasteiger partial charge in [0, 0.05) is 37.2 Å². The summed E-state index contributed by atoms with van der Waals surface area (Å²) in [6.07, 6.45) is 1.79. The standard InChI is InChI=1S/C25H31FN2O5S/c1-32-21-5-3-6-23-24(21)22(33-2)17-28(34(23,30)31)14-4-13-27-15-11-19(12-16-27)25(29)18-7-9-20(26)10-8-18/h3,5-10,19,22H,4,11-17H2,1-2H3. The number of piperidine rings is 1. The lowest BCUT2D eigenvalue weighted by atomic mass is 9.89. The highest BCUT2D eigenvalue weighted by molar-refractivity contribution is 7.89. The largest absolute Gasteiger partial charge is 0.496 e. The van der Waals surface area contributed by atoms with Crippen molar-refractivity contribution in [3.8, 4) is 5.75 Å². The van der Waals surface area contributed by atoms with Gasteiger partial charge in [-0.3, -0.25) is 4.79 Å². The maximum absolute atomic E-state index is 13.2. The molecule has 9 heteroatoms. The summed E-state index contributed by atoms with van der Waals surface area (Å²) >= 11 is 0. The molecule has 0 spiro atoms. The Balaban J connectivity index is 1.32. The van der Waals surface area contributed by atoms with Crippen LogP contribution in [0.3, 0.4) is 0 Å². The molecule has 0 N–H and O–H groups in total. The number of methoxy groups -OCH3 is 2. The number of carbonyl (C=O) groups excluding carboxylic acids is 1. The quantitative estimate of drug-likeness (QED) is 0.527. The highest BCUT2D eigenvalue weighted by Crippen LogP contribution is 2.39. The molecule has 2 heterocycles. The van der Waals surface area contributed by atoms with Crippen molar-refractivity contribution in [2.75, 3.05) is 46.9 Å². The zero-order chi connectivity index (χ0) is 24.3. The number of nitrogens with zero attached hydrogens (tertiary/aromatic N) is 2. The lowest BCUT2D eigenvalue weighted by Gasteiger charge is -2.35. The summed E-state index contributed by atoms with van der Waals surface area (Å²) < 4.78 is 52.1. The van der Waals surface area contributed by atoms with Crippen molar-refractivity contribution in [1.29, 1.82) is 0 Å². The Labute approximate surface area is 200 Å². The molecule has 0 aromatic heterocycles. The van der Waals surface area contributed by atoms with E-state index in [0.717, 1.165) is 32.5 Å². The molecule has 4 rings (SSSR count). The van der Waals surface area contributed by atoms with E-state index in [4.69, 9.17) is 9.47 Å². The molecular formula is C25H31FN2O5S. The summed E-state index contributed by atoms with van der Waals surface area (Å²) in [4.78, 5) is 15.2. The zero-order valence-corrected chi connectivity index (χ0v) is 20.4. The molecule has 2 aromatic rings. The molecule has 0 amide bonds. The maximum Gasteiger partial charge on any atom is 0.243 e. The van der Waals surface area contributed by atoms with Gasteiger partial charge in [-0.25, -0.2) is 12.8 Å². The molecule has 184 valence electrons. The number of ketones is 1. The molecule has 1 saturated heterocycles. The summed E-state index contributed by atoms with van der Waals surface area (Å²) in [7, 11) is -0.528. The Kier molecular flexibility index (Phi) is 7.67. The van der Waals surface area contributed by atoms with Gasteiger partial charge in [-0.15, -0.1) is 0 Å². The number of hydrogen-bond acceptors (Lipinski definition) is 6. The predicted molar refractivity (Wildman–Crippen MR) is 126 cm³/mol. The van der Waals surface area contributed by atoms with Crippen LogP contribution in [0.2, 0.25) is 0 Å². The van der Waals surface area contributed by atoms with E-state index in [2.05, 4.69) is 4.90 Å². The normalized spacial score (nSPS) is 21.2. The van der Waals surface area contributed by atoms with Gasteiger partial charge in [-0.2, -0.15) is 4.31 Å². The van der Waals surface area contributed by atoms with E-state index in [0.29, 0.717) is 29.8 Å². The van der Waals surface area contributed by atoms with Gasteiger partial charge < -0.3 is 14.4 Å². The number of ether oxygens (including phenoxy) is 2. The van der Waals surface area contributed by atoms with E-state index in [1.807, 2.05) is 0 Å². The van der Waals surface area contributed by atoms with Crippen molar-refractivity contribution in [1.82, 2.24) is 9.21 Å². The number of halogens is 1. The summed E-state index contributed by atoms with van der Waals surface area (Å²) in [5.41, 5.74) is 1.14. The Morgan fingerprint density at radius 3 is 2.41 bits per heavy atom. The van der Waals surface area contributed by atoms with Crippen LogP contribution < -0.4 is 4.74 Å². The SMILES string of the molecule is COc1cccc2c1C(OC)CN(CCCN1CCC(C(=O)c3ccc(F)cc3)CC1)S2(=O)=O. The summed E-state index contributed by atoms with van der Waals surface area (Å²) in [5.74, 6) is 0.184. The second-order valence-corrected chi connectivity index (χ2v) is 10.7. The van der Waals surface area contributed by atoms with E-state index >= 15 is 0 Å². The van der Waals surface area contributed by atoms with Crippen molar-refractivity contribution in [3.05, 3.63) is 59.4 Å². The maximum atomic E-state index is 13.2. The van der Waals surface area contributed by atoms with Gasteiger partial charge in [0.25, 0.3) is 0 Å². The molecule has 7 nitrogen and oxygen atoms in total. The van der Waals surface area contributed by atoms with E-state index in [1.165, 1.54) is 23.5 Å². The van der Waals surface area contributed by atoms with Crippen LogP contribution in [-0.2, 0) is 14.8 Å². The van der Waals surface area contributed by atoms with Gasteiger partial charge in [-0.05, 0) is 75.3 Å². The molecular weight excluding hydrogens is 459 g/mol. The summed E-state index contributed by atoms with van der Waals surface area (Å²) in [5, 5.41) is 0. The van der Waals surface area contributed by atoms with Crippen LogP contribution in [0.5, 0.6) is 5.75 Å². The Hall–Kier alpha value is -2.33. The van der Waals surface area contributed by atoms with E-state index in [-0.39, 0.29) is 35.1 Å². The van der Waals surface area contributed by atoms with Crippen molar-refractivity contribution in [3.63, 3.8) is 0 Å². The van der Waals surface area contributed by atoms with E-state index in [9.17, 15) is 17.6 Å². The number of fused-ring (bicyclic) bond motifs is 1. The van der Waals surface area contributed by atoms with Crippen molar-refractivity contribution >= 4 is 15.8 Å². The van der Waals surface area contributed by atoms with Crippen LogP contribution in [0.1, 0.15) is 41.3 Å². The van der Waals surface area contributed by atoms with E-state index < -0.39 is 10.0 Å². The van der Waals surface area contributed by atoms with Crippen LogP contribution in [0.25, 0.3) is 0 Å². The van der Waals surface area contributed by atoms with Gasteiger partial charge in [-0.1, -0.05) is 6.07 Å². The van der Waals surface area contributed by atoms with Gasteiger partial charge in [0.05, 0.1) is 12.0 Å². The van der Waals surface area contributed by atoms with Gasteiger partial charge in [0.15, 0.2) is 5.78 Å². The number of benzene rings is 2. The third-order valence-electron chi connectivity index (χ3n) is 6.81. The molecule has 0 saturated carbocycles. The lowest BCUT2D eigenvalue weighted by molar-refractivity contribution is 0.0737. The minimum absolute atomic E-state index is 0.0573. The number of rotatable bonds is 8. The molecule has 0 radical (unpaired) electrons. The van der Waals surface area contributed by atoms with Crippen LogP contribution in [0.15, 0.2) is 47.4 Å². The van der Waals surface area contributed by atoms with Crippen LogP contribution >= 0.6 is 0 Å². The first-order valence-electron chi connectivity index (χ1n) is 11.6. The third-order valence-corrected chi connectivity index (χ3v) is 8.73. The molecule has 1 fully saturated rings. The highest BCUT2D eigenvalue weighted by Gasteiger charge is 2.38. The first kappa shape index (κ1) is 24.8. The molecule has 2 aliphatic rings. The van der Waals surface area contributed by atoms with Gasteiger partial charge >= 0.3 is 0 Å². The predicted octanol–water partition coefficient (Wildman–Crippen LogP) is 3.51. The Morgan fingerprint density at radius 2 is 1.76 bits per heavy atom. The molecule has 2 aromatic carbocycles. The smallest absolute Gasteiger partial charge is 0.243 e. The van der Waals surface area contributed by atoms with Crippen molar-refractivity contribution in [2.24, 2.45) is 5.92 Å². The monoisotopic (exact) mass is 490 g/mol. The fourth-order valence-corrected chi connectivity index (χ4v) is 6.64. The van der Waals surface area contributed by atoms with Crippen LogP contribution in [-0.4, -0.2) is 70.3 Å². The number of carbonyl (C=O) groups is 1. The second-order valence-electron chi connectivity index (χ2n) is 8.80. The van der Waals surface area contributed by atoms with Gasteiger partial charge in [0.2, 0.25) is 10.0 Å². The zero-order valence-electron chi connectivity index (χ0n) is 19.6. The second kappa shape index (κ2) is 10.5. The lowest BCUT2D eigenvalue weighted by Crippen LogP contribution is -2.42. The molecule has 2 aliphatic heterocycles. The van der Waals surface area contributed by atoms with E-state index in [1.54, 1.807) is 37.4 Å². The minimum Gasteiger partial charge on any atom is -0.496 e. The third kappa shape index (κ3) is 5.02. The number of Topliss-reactive ketones (excluding diaryl/α,β-unsaturated/α-hetero) is 1. The fourth-order valence-electron chi connectivity index (χ4n) is 4.90. The molecule has 34 heavy (non-hydrogen) atoms. The van der Waals surface area contributed by atoms with Gasteiger partial charge in [0.1, 0.15) is 17.7 Å². The number of likely N-dealkylation sites (tertiary alicyclic amines) is 1.